The standard InChI is InChI=1S/C24H18N4/c1-2-10-22(28-16-20-8-4-6-18-12-14-26-24(18)20)21(9-1)27-15-19-7-3-5-17-11-13-25-23(17)19/h1-16,25-26H. The predicted octanol–water partition coefficient (Wildman–Crippen LogP) is 6.15. The van der Waals surface area contributed by atoms with E-state index >= 15 is 0 Å². The highest BCUT2D eigenvalue weighted by atomic mass is 14.8. The van der Waals surface area contributed by atoms with Gasteiger partial charge in [0, 0.05) is 46.7 Å². The predicted molar refractivity (Wildman–Crippen MR) is 118 cm³/mol. The molecule has 0 saturated heterocycles. The number of aromatic amines is 2. The van der Waals surface area contributed by atoms with Crippen LogP contribution in [0.15, 0.2) is 95.2 Å². The van der Waals surface area contributed by atoms with Gasteiger partial charge in [-0.15, -0.1) is 0 Å². The molecule has 0 aliphatic rings. The Morgan fingerprint density at radius 3 is 1.54 bits per heavy atom. The third kappa shape index (κ3) is 3.01. The van der Waals surface area contributed by atoms with Crippen molar-refractivity contribution in [3.8, 4) is 0 Å². The van der Waals surface area contributed by atoms with Crippen molar-refractivity contribution in [2.45, 2.75) is 0 Å². The van der Waals surface area contributed by atoms with Crippen LogP contribution in [0.1, 0.15) is 11.1 Å². The van der Waals surface area contributed by atoms with Crippen LogP contribution < -0.4 is 0 Å². The summed E-state index contributed by atoms with van der Waals surface area (Å²) in [6.45, 7) is 0. The number of nitrogens with one attached hydrogen (secondary N) is 2. The van der Waals surface area contributed by atoms with Gasteiger partial charge in [0.25, 0.3) is 0 Å². The fraction of sp³-hybridized carbons (Fsp3) is 0. The number of para-hydroxylation sites is 4. The molecule has 0 aliphatic carbocycles. The average Bonchev–Trinajstić information content (AvgIpc) is 3.41. The second kappa shape index (κ2) is 7.00. The zero-order chi connectivity index (χ0) is 18.8. The number of aromatic nitrogens is 2. The summed E-state index contributed by atoms with van der Waals surface area (Å²) in [5.41, 5.74) is 5.95. The second-order valence-electron chi connectivity index (χ2n) is 6.58. The molecule has 2 N–H and O–H groups in total. The molecule has 134 valence electrons. The van der Waals surface area contributed by atoms with Gasteiger partial charge in [0.15, 0.2) is 0 Å². The number of benzene rings is 3. The Labute approximate surface area is 162 Å². The fourth-order valence-electron chi connectivity index (χ4n) is 3.39. The lowest BCUT2D eigenvalue weighted by atomic mass is 10.1. The summed E-state index contributed by atoms with van der Waals surface area (Å²) in [5.74, 6) is 0. The zero-order valence-electron chi connectivity index (χ0n) is 15.1. The zero-order valence-corrected chi connectivity index (χ0v) is 15.1. The Balaban J connectivity index is 1.49. The minimum atomic E-state index is 0.834. The summed E-state index contributed by atoms with van der Waals surface area (Å²) in [5, 5.41) is 2.35. The maximum absolute atomic E-state index is 4.70. The molecule has 3 aromatic carbocycles. The van der Waals surface area contributed by atoms with Gasteiger partial charge in [-0.05, 0) is 24.3 Å². The smallest absolute Gasteiger partial charge is 0.0886 e. The van der Waals surface area contributed by atoms with Gasteiger partial charge in [-0.3, -0.25) is 9.98 Å². The minimum absolute atomic E-state index is 0.834. The first-order chi connectivity index (χ1) is 13.9. The van der Waals surface area contributed by atoms with Crippen molar-refractivity contribution in [2.24, 2.45) is 9.98 Å². The van der Waals surface area contributed by atoms with E-state index in [1.54, 1.807) is 0 Å². The van der Waals surface area contributed by atoms with Crippen LogP contribution >= 0.6 is 0 Å². The lowest BCUT2D eigenvalue weighted by Gasteiger charge is -2.01. The van der Waals surface area contributed by atoms with E-state index in [4.69, 9.17) is 9.98 Å². The molecular formula is C24H18N4. The molecule has 5 aromatic rings. The molecule has 0 spiro atoms. The summed E-state index contributed by atoms with van der Waals surface area (Å²) in [6.07, 6.45) is 7.67. The number of rotatable bonds is 4. The van der Waals surface area contributed by atoms with Gasteiger partial charge >= 0.3 is 0 Å². The Morgan fingerprint density at radius 1 is 0.536 bits per heavy atom. The molecule has 2 aromatic heterocycles. The Hall–Kier alpha value is -3.92. The first-order valence-electron chi connectivity index (χ1n) is 9.18. The van der Waals surface area contributed by atoms with Crippen LogP contribution in [0.5, 0.6) is 0 Å². The van der Waals surface area contributed by atoms with E-state index in [9.17, 15) is 0 Å². The van der Waals surface area contributed by atoms with Crippen LogP contribution in [0.4, 0.5) is 11.4 Å². The van der Waals surface area contributed by atoms with Gasteiger partial charge in [0.2, 0.25) is 0 Å². The van der Waals surface area contributed by atoms with Crippen LogP contribution in [0.25, 0.3) is 21.8 Å². The molecule has 0 aliphatic heterocycles. The number of hydrogen-bond acceptors (Lipinski definition) is 2. The van der Waals surface area contributed by atoms with E-state index in [-0.39, 0.29) is 0 Å². The molecule has 0 saturated carbocycles. The Kier molecular flexibility index (Phi) is 4.07. The third-order valence-corrected chi connectivity index (χ3v) is 4.81. The lowest BCUT2D eigenvalue weighted by Crippen LogP contribution is -1.84. The molecule has 0 bridgehead atoms. The van der Waals surface area contributed by atoms with Gasteiger partial charge in [-0.2, -0.15) is 0 Å². The van der Waals surface area contributed by atoms with Crippen molar-refractivity contribution in [3.63, 3.8) is 0 Å². The van der Waals surface area contributed by atoms with Crippen molar-refractivity contribution in [1.82, 2.24) is 9.97 Å². The van der Waals surface area contributed by atoms with Crippen LogP contribution in [-0.4, -0.2) is 22.4 Å². The van der Waals surface area contributed by atoms with E-state index in [2.05, 4.69) is 46.4 Å². The van der Waals surface area contributed by atoms with Crippen molar-refractivity contribution < 1.29 is 0 Å². The van der Waals surface area contributed by atoms with Crippen LogP contribution in [-0.2, 0) is 0 Å². The SMILES string of the molecule is C(=Nc1ccccc1N=Cc1cccc2cc[nH]c12)c1cccc2cc[nH]c12. The minimum Gasteiger partial charge on any atom is -0.361 e. The molecule has 0 atom stereocenters. The van der Waals surface area contributed by atoms with Crippen LogP contribution in [0.3, 0.4) is 0 Å². The van der Waals surface area contributed by atoms with Gasteiger partial charge in [-0.25, -0.2) is 0 Å². The van der Waals surface area contributed by atoms with Gasteiger partial charge in [0.1, 0.15) is 0 Å². The maximum Gasteiger partial charge on any atom is 0.0886 e. The summed E-state index contributed by atoms with van der Waals surface area (Å²) in [7, 11) is 0. The normalized spacial score (nSPS) is 12.0. The number of hydrogen-bond donors (Lipinski definition) is 2. The van der Waals surface area contributed by atoms with Gasteiger partial charge in [0.05, 0.1) is 22.4 Å². The number of H-pyrrole nitrogens is 2. The van der Waals surface area contributed by atoms with E-state index in [0.717, 1.165) is 33.5 Å². The maximum atomic E-state index is 4.70. The molecule has 0 radical (unpaired) electrons. The number of aliphatic imine (C=N–C) groups is 2. The van der Waals surface area contributed by atoms with E-state index in [1.807, 2.05) is 61.2 Å². The summed E-state index contributed by atoms with van der Waals surface area (Å²) >= 11 is 0. The first-order valence-corrected chi connectivity index (χ1v) is 9.18. The highest BCUT2D eigenvalue weighted by Crippen LogP contribution is 2.28. The third-order valence-electron chi connectivity index (χ3n) is 4.81. The van der Waals surface area contributed by atoms with Gasteiger partial charge in [-0.1, -0.05) is 48.5 Å². The van der Waals surface area contributed by atoms with Crippen molar-refractivity contribution in [3.05, 3.63) is 96.3 Å². The molecule has 0 unspecified atom stereocenters. The molecule has 0 fully saturated rings. The summed E-state index contributed by atoms with van der Waals surface area (Å²) in [4.78, 5) is 16.0. The lowest BCUT2D eigenvalue weighted by molar-refractivity contribution is 1.44. The van der Waals surface area contributed by atoms with Crippen LogP contribution in [0, 0.1) is 0 Å². The topological polar surface area (TPSA) is 56.3 Å². The number of nitrogens with zero attached hydrogens (tertiary/aromatic N) is 2. The molecule has 4 heteroatoms. The molecule has 2 heterocycles. The highest BCUT2D eigenvalue weighted by Gasteiger charge is 2.02. The average molecular weight is 362 g/mol. The molecular weight excluding hydrogens is 344 g/mol. The van der Waals surface area contributed by atoms with Crippen molar-refractivity contribution >= 4 is 45.6 Å². The monoisotopic (exact) mass is 362 g/mol. The summed E-state index contributed by atoms with van der Waals surface area (Å²) in [6, 6.07) is 24.4. The first kappa shape index (κ1) is 16.3. The molecule has 28 heavy (non-hydrogen) atoms. The van der Waals surface area contributed by atoms with Gasteiger partial charge < -0.3 is 9.97 Å². The molecule has 5 rings (SSSR count). The Bertz CT molecular complexity index is 1220. The molecule has 0 amide bonds. The number of fused-ring (bicyclic) bond motifs is 2. The van der Waals surface area contributed by atoms with E-state index < -0.39 is 0 Å². The second-order valence-corrected chi connectivity index (χ2v) is 6.58. The fourth-order valence-corrected chi connectivity index (χ4v) is 3.39. The van der Waals surface area contributed by atoms with E-state index in [0.29, 0.717) is 0 Å². The van der Waals surface area contributed by atoms with E-state index in [1.165, 1.54) is 10.8 Å². The summed E-state index contributed by atoms with van der Waals surface area (Å²) < 4.78 is 0. The van der Waals surface area contributed by atoms with Crippen LogP contribution in [0.2, 0.25) is 0 Å². The van der Waals surface area contributed by atoms with Crippen molar-refractivity contribution in [1.29, 1.82) is 0 Å². The highest BCUT2D eigenvalue weighted by molar-refractivity contribution is 6.00. The quantitative estimate of drug-likeness (QED) is 0.360. The largest absolute Gasteiger partial charge is 0.361 e. The van der Waals surface area contributed by atoms with Crippen molar-refractivity contribution in [2.75, 3.05) is 0 Å². The molecule has 4 nitrogen and oxygen atoms in total. The Morgan fingerprint density at radius 2 is 1.04 bits per heavy atom.